The fourth-order valence-corrected chi connectivity index (χ4v) is 3.41. The topological polar surface area (TPSA) is 59.4 Å². The number of nitrogens with two attached hydrogens (primary N) is 1. The van der Waals surface area contributed by atoms with E-state index in [0.29, 0.717) is 6.54 Å². The number of halogens is 1. The lowest BCUT2D eigenvalue weighted by Gasteiger charge is -2.15. The summed E-state index contributed by atoms with van der Waals surface area (Å²) in [6.07, 6.45) is 0. The molecule has 152 valence electrons. The Hall–Kier alpha value is -1.89. The van der Waals surface area contributed by atoms with Crippen LogP contribution in [0.15, 0.2) is 53.0 Å². The van der Waals surface area contributed by atoms with Gasteiger partial charge in [-0.3, -0.25) is 4.79 Å². The summed E-state index contributed by atoms with van der Waals surface area (Å²) in [6.45, 7) is 10.4. The molecule has 0 radical (unpaired) electrons. The molecule has 2 rings (SSSR count). The molecule has 6 heteroatoms. The van der Waals surface area contributed by atoms with E-state index in [9.17, 15) is 4.79 Å². The van der Waals surface area contributed by atoms with E-state index in [0.717, 1.165) is 54.1 Å². The van der Waals surface area contributed by atoms with E-state index < -0.39 is 0 Å². The number of nitrogens with one attached hydrogen (secondary N) is 2. The molecule has 0 saturated heterocycles. The average molecular weight is 450 g/mol. The number of quaternary nitrogens is 2. The van der Waals surface area contributed by atoms with Gasteiger partial charge >= 0.3 is 0 Å². The minimum atomic E-state index is -0.119. The van der Waals surface area contributed by atoms with Crippen molar-refractivity contribution in [1.29, 1.82) is 0 Å². The molecule has 0 fully saturated rings. The Labute approximate surface area is 176 Å². The van der Waals surface area contributed by atoms with Gasteiger partial charge in [0.25, 0.3) is 5.91 Å². The van der Waals surface area contributed by atoms with Crippen LogP contribution in [-0.4, -0.2) is 38.7 Å². The first-order chi connectivity index (χ1) is 13.6. The van der Waals surface area contributed by atoms with Gasteiger partial charge in [0, 0.05) is 16.6 Å². The maximum absolute atomic E-state index is 12.1. The summed E-state index contributed by atoms with van der Waals surface area (Å²) >= 11 is 3.53. The summed E-state index contributed by atoms with van der Waals surface area (Å²) in [5.74, 6) is 0.649. The Bertz CT molecular complexity index is 721. The minimum Gasteiger partial charge on any atom is -0.483 e. The highest BCUT2D eigenvalue weighted by atomic mass is 79.9. The van der Waals surface area contributed by atoms with Crippen LogP contribution in [0.1, 0.15) is 25.0 Å². The smallest absolute Gasteiger partial charge is 0.258 e. The highest BCUT2D eigenvalue weighted by Gasteiger charge is 2.10. The lowest BCUT2D eigenvalue weighted by molar-refractivity contribution is -0.910. The van der Waals surface area contributed by atoms with E-state index in [1.165, 1.54) is 0 Å². The Morgan fingerprint density at radius 3 is 2.61 bits per heavy atom. The third-order valence-corrected chi connectivity index (χ3v) is 5.27. The third kappa shape index (κ3) is 8.00. The van der Waals surface area contributed by atoms with Crippen LogP contribution in [-0.2, 0) is 17.9 Å². The first-order valence-corrected chi connectivity index (χ1v) is 10.8. The molecule has 0 unspecified atom stereocenters. The van der Waals surface area contributed by atoms with Gasteiger partial charge in [0.2, 0.25) is 0 Å². The van der Waals surface area contributed by atoms with Gasteiger partial charge in [0.15, 0.2) is 6.61 Å². The quantitative estimate of drug-likeness (QED) is 0.425. The van der Waals surface area contributed by atoms with Crippen molar-refractivity contribution < 1.29 is 19.7 Å². The van der Waals surface area contributed by atoms with E-state index in [4.69, 9.17) is 4.74 Å². The first-order valence-electron chi connectivity index (χ1n) is 9.99. The molecule has 0 aliphatic carbocycles. The number of hydrogen-bond acceptors (Lipinski definition) is 2. The SMILES string of the molecule is CC[NH+](CC)CC[NH2+]Cc1cc(Br)ccc1OCC(=O)NCc1ccccc1. The fourth-order valence-electron chi connectivity index (χ4n) is 3.01. The first kappa shape index (κ1) is 22.4. The van der Waals surface area contributed by atoms with Gasteiger partial charge in [-0.05, 0) is 37.6 Å². The van der Waals surface area contributed by atoms with Gasteiger partial charge in [-0.15, -0.1) is 0 Å². The number of carbonyl (C=O) groups is 1. The van der Waals surface area contributed by atoms with Crippen LogP contribution < -0.4 is 20.3 Å². The van der Waals surface area contributed by atoms with Crippen molar-refractivity contribution in [3.05, 3.63) is 64.1 Å². The summed E-state index contributed by atoms with van der Waals surface area (Å²) in [4.78, 5) is 13.7. The molecule has 0 aliphatic heterocycles. The third-order valence-electron chi connectivity index (χ3n) is 4.78. The van der Waals surface area contributed by atoms with Crippen molar-refractivity contribution in [2.24, 2.45) is 0 Å². The zero-order chi connectivity index (χ0) is 20.2. The molecular formula is C22H32BrN3O2+2. The van der Waals surface area contributed by atoms with Crippen molar-refractivity contribution in [2.75, 3.05) is 32.8 Å². The Morgan fingerprint density at radius 2 is 1.89 bits per heavy atom. The van der Waals surface area contributed by atoms with Gasteiger partial charge in [-0.25, -0.2) is 0 Å². The Kier molecular flexibility index (Phi) is 10.0. The predicted molar refractivity (Wildman–Crippen MR) is 115 cm³/mol. The van der Waals surface area contributed by atoms with Crippen LogP contribution in [0.5, 0.6) is 5.75 Å². The summed E-state index contributed by atoms with van der Waals surface area (Å²) < 4.78 is 6.82. The van der Waals surface area contributed by atoms with E-state index in [2.05, 4.69) is 46.5 Å². The number of carbonyl (C=O) groups excluding carboxylic acids is 1. The molecule has 28 heavy (non-hydrogen) atoms. The molecule has 0 aromatic heterocycles. The Morgan fingerprint density at radius 1 is 1.14 bits per heavy atom. The minimum absolute atomic E-state index is 0.0189. The van der Waals surface area contributed by atoms with E-state index in [1.54, 1.807) is 4.90 Å². The normalized spacial score (nSPS) is 10.9. The molecule has 0 aliphatic rings. The van der Waals surface area contributed by atoms with Crippen LogP contribution in [0, 0.1) is 0 Å². The number of likely N-dealkylation sites (N-methyl/N-ethyl adjacent to an activating group) is 1. The van der Waals surface area contributed by atoms with Crippen LogP contribution >= 0.6 is 15.9 Å². The van der Waals surface area contributed by atoms with Crippen molar-refractivity contribution in [2.45, 2.75) is 26.9 Å². The van der Waals surface area contributed by atoms with Crippen LogP contribution in [0.3, 0.4) is 0 Å². The highest BCUT2D eigenvalue weighted by molar-refractivity contribution is 9.10. The van der Waals surface area contributed by atoms with Crippen molar-refractivity contribution in [1.82, 2.24) is 5.32 Å². The molecule has 4 N–H and O–H groups in total. The largest absolute Gasteiger partial charge is 0.483 e. The molecule has 2 aromatic carbocycles. The number of rotatable bonds is 12. The van der Waals surface area contributed by atoms with Gasteiger partial charge in [0.05, 0.1) is 13.1 Å². The molecule has 0 spiro atoms. The number of amides is 1. The van der Waals surface area contributed by atoms with Crippen molar-refractivity contribution >= 4 is 21.8 Å². The number of hydrogen-bond donors (Lipinski definition) is 3. The lowest BCUT2D eigenvalue weighted by atomic mass is 10.2. The zero-order valence-electron chi connectivity index (χ0n) is 16.8. The summed E-state index contributed by atoms with van der Waals surface area (Å²) in [5.41, 5.74) is 2.17. The monoisotopic (exact) mass is 449 g/mol. The van der Waals surface area contributed by atoms with Gasteiger partial charge in [0.1, 0.15) is 25.4 Å². The molecular weight excluding hydrogens is 418 g/mol. The predicted octanol–water partition coefficient (Wildman–Crippen LogP) is 1.13. The van der Waals surface area contributed by atoms with Crippen LogP contribution in [0.4, 0.5) is 0 Å². The second-order valence-electron chi connectivity index (χ2n) is 6.79. The van der Waals surface area contributed by atoms with Crippen molar-refractivity contribution in [3.63, 3.8) is 0 Å². The average Bonchev–Trinajstić information content (AvgIpc) is 2.72. The second-order valence-corrected chi connectivity index (χ2v) is 7.71. The van der Waals surface area contributed by atoms with Crippen molar-refractivity contribution in [3.8, 4) is 5.75 Å². The summed E-state index contributed by atoms with van der Waals surface area (Å²) in [5, 5.41) is 5.19. The standard InChI is InChI=1S/C22H30BrN3O2/c1-3-26(4-2)13-12-24-16-19-14-20(23)10-11-21(19)28-17-22(27)25-15-18-8-6-5-7-9-18/h5-11,14,24H,3-4,12-13,15-17H2,1-2H3,(H,25,27)/p+2. The molecule has 2 aromatic rings. The second kappa shape index (κ2) is 12.5. The van der Waals surface area contributed by atoms with E-state index in [-0.39, 0.29) is 12.5 Å². The van der Waals surface area contributed by atoms with Crippen LogP contribution in [0.2, 0.25) is 0 Å². The maximum atomic E-state index is 12.1. The lowest BCUT2D eigenvalue weighted by Crippen LogP contribution is -3.14. The fraction of sp³-hybridized carbons (Fsp3) is 0.409. The Balaban J connectivity index is 1.81. The number of ether oxygens (including phenoxy) is 1. The molecule has 0 bridgehead atoms. The zero-order valence-corrected chi connectivity index (χ0v) is 18.4. The summed E-state index contributed by atoms with van der Waals surface area (Å²) in [6, 6.07) is 15.8. The molecule has 0 saturated carbocycles. The van der Waals surface area contributed by atoms with Gasteiger partial charge in [-0.1, -0.05) is 46.3 Å². The highest BCUT2D eigenvalue weighted by Crippen LogP contribution is 2.22. The van der Waals surface area contributed by atoms with Gasteiger partial charge < -0.3 is 20.3 Å². The van der Waals surface area contributed by atoms with E-state index >= 15 is 0 Å². The van der Waals surface area contributed by atoms with E-state index in [1.807, 2.05) is 42.5 Å². The molecule has 1 amide bonds. The molecule has 0 atom stereocenters. The summed E-state index contributed by atoms with van der Waals surface area (Å²) in [7, 11) is 0. The molecule has 0 heterocycles. The van der Waals surface area contributed by atoms with Crippen LogP contribution in [0.25, 0.3) is 0 Å². The molecule has 5 nitrogen and oxygen atoms in total. The maximum Gasteiger partial charge on any atom is 0.258 e. The number of benzene rings is 2. The van der Waals surface area contributed by atoms with Gasteiger partial charge in [-0.2, -0.15) is 0 Å².